The highest BCUT2D eigenvalue weighted by molar-refractivity contribution is 7.99. The van der Waals surface area contributed by atoms with Crippen molar-refractivity contribution in [2.24, 2.45) is 5.41 Å². The van der Waals surface area contributed by atoms with Gasteiger partial charge < -0.3 is 4.42 Å². The third kappa shape index (κ3) is 2.42. The summed E-state index contributed by atoms with van der Waals surface area (Å²) in [6.45, 7) is 2.04. The van der Waals surface area contributed by atoms with Crippen LogP contribution in [0.1, 0.15) is 24.3 Å². The van der Waals surface area contributed by atoms with Crippen molar-refractivity contribution in [2.45, 2.75) is 26.3 Å². The second-order valence-electron chi connectivity index (χ2n) is 6.08. The first kappa shape index (κ1) is 15.0. The van der Waals surface area contributed by atoms with Crippen molar-refractivity contribution in [1.29, 1.82) is 0 Å². The number of thiophene rings is 1. The summed E-state index contributed by atoms with van der Waals surface area (Å²) in [5, 5.41) is 3.93. The molecule has 2 aliphatic rings. The maximum atomic E-state index is 12.7. The molecule has 0 bridgehead atoms. The van der Waals surface area contributed by atoms with Crippen molar-refractivity contribution in [3.8, 4) is 11.5 Å². The predicted octanol–water partition coefficient (Wildman–Crippen LogP) is 3.09. The van der Waals surface area contributed by atoms with Crippen molar-refractivity contribution < 1.29 is 14.0 Å². The largest absolute Gasteiger partial charge is 0.441 e. The summed E-state index contributed by atoms with van der Waals surface area (Å²) in [7, 11) is 0. The minimum absolute atomic E-state index is 0.0352. The second-order valence-corrected chi connectivity index (χ2v) is 7.96. The van der Waals surface area contributed by atoms with Gasteiger partial charge in [0.25, 0.3) is 0 Å². The van der Waals surface area contributed by atoms with Gasteiger partial charge in [0.1, 0.15) is 11.5 Å². The number of rotatable bonds is 3. The summed E-state index contributed by atoms with van der Waals surface area (Å²) in [6, 6.07) is 1.94. The molecule has 0 saturated carbocycles. The lowest BCUT2D eigenvalue weighted by Crippen LogP contribution is -2.35. The molecule has 4 heterocycles. The molecular weight excluding hydrogens is 332 g/mol. The van der Waals surface area contributed by atoms with Gasteiger partial charge in [0, 0.05) is 23.1 Å². The van der Waals surface area contributed by atoms with Crippen LogP contribution in [0, 0.1) is 12.3 Å². The van der Waals surface area contributed by atoms with Crippen LogP contribution in [0.2, 0.25) is 0 Å². The van der Waals surface area contributed by atoms with Crippen LogP contribution in [0.25, 0.3) is 11.5 Å². The molecule has 2 fully saturated rings. The maximum Gasteiger partial charge on any atom is 0.237 e. The summed E-state index contributed by atoms with van der Waals surface area (Å²) in [5.74, 6) is 2.80. The van der Waals surface area contributed by atoms with Crippen LogP contribution in [-0.4, -0.2) is 33.2 Å². The first-order valence-corrected chi connectivity index (χ1v) is 9.60. The van der Waals surface area contributed by atoms with Gasteiger partial charge in [0.05, 0.1) is 12.0 Å². The maximum absolute atomic E-state index is 12.7. The highest BCUT2D eigenvalue weighted by Crippen LogP contribution is 2.45. The van der Waals surface area contributed by atoms with Crippen molar-refractivity contribution >= 4 is 34.9 Å². The molecule has 2 amide bonds. The molecule has 7 heteroatoms. The Hall–Kier alpha value is -1.60. The van der Waals surface area contributed by atoms with E-state index < -0.39 is 5.41 Å². The number of imide groups is 1. The van der Waals surface area contributed by atoms with Gasteiger partial charge in [-0.3, -0.25) is 14.5 Å². The van der Waals surface area contributed by atoms with E-state index in [0.717, 1.165) is 23.5 Å². The molecule has 2 saturated heterocycles. The molecule has 1 spiro atoms. The monoisotopic (exact) mass is 348 g/mol. The van der Waals surface area contributed by atoms with E-state index in [2.05, 4.69) is 4.98 Å². The van der Waals surface area contributed by atoms with Crippen LogP contribution in [0.3, 0.4) is 0 Å². The van der Waals surface area contributed by atoms with Gasteiger partial charge in [-0.2, -0.15) is 23.1 Å². The summed E-state index contributed by atoms with van der Waals surface area (Å²) < 4.78 is 5.70. The Labute approximate surface area is 142 Å². The molecule has 2 aromatic heterocycles. The standard InChI is InChI=1S/C16H16N2O3S2/c1-10-12(17-14(21-10)11-2-4-22-8-11)7-18-13(19)6-16(15(18)20)3-5-23-9-16/h2,4,8H,3,5-7,9H2,1H3. The fourth-order valence-corrected chi connectivity index (χ4v) is 5.24. The average molecular weight is 348 g/mol. The zero-order valence-electron chi connectivity index (χ0n) is 12.7. The van der Waals surface area contributed by atoms with Crippen LogP contribution < -0.4 is 0 Å². The molecular formula is C16H16N2O3S2. The summed E-state index contributed by atoms with van der Waals surface area (Å²) in [5.41, 5.74) is 1.12. The van der Waals surface area contributed by atoms with Gasteiger partial charge in [-0.15, -0.1) is 0 Å². The topological polar surface area (TPSA) is 63.4 Å². The number of hydrogen-bond acceptors (Lipinski definition) is 6. The quantitative estimate of drug-likeness (QED) is 0.798. The molecule has 2 aromatic rings. The van der Waals surface area contributed by atoms with E-state index >= 15 is 0 Å². The van der Waals surface area contributed by atoms with Gasteiger partial charge in [-0.05, 0) is 30.5 Å². The fourth-order valence-electron chi connectivity index (χ4n) is 3.17. The third-order valence-electron chi connectivity index (χ3n) is 4.56. The molecule has 23 heavy (non-hydrogen) atoms. The number of aromatic nitrogens is 1. The van der Waals surface area contributed by atoms with E-state index in [1.807, 2.05) is 23.8 Å². The Kier molecular flexibility index (Phi) is 3.57. The number of likely N-dealkylation sites (tertiary alicyclic amines) is 1. The Balaban J connectivity index is 1.59. The van der Waals surface area contributed by atoms with Gasteiger partial charge in [0.2, 0.25) is 17.7 Å². The van der Waals surface area contributed by atoms with E-state index in [1.54, 1.807) is 23.1 Å². The Morgan fingerprint density at radius 1 is 1.43 bits per heavy atom. The zero-order valence-corrected chi connectivity index (χ0v) is 14.3. The molecule has 120 valence electrons. The van der Waals surface area contributed by atoms with Gasteiger partial charge in [0.15, 0.2) is 0 Å². The molecule has 1 atom stereocenters. The smallest absolute Gasteiger partial charge is 0.237 e. The van der Waals surface area contributed by atoms with Crippen LogP contribution in [0.5, 0.6) is 0 Å². The van der Waals surface area contributed by atoms with E-state index in [9.17, 15) is 9.59 Å². The third-order valence-corrected chi connectivity index (χ3v) is 6.49. The minimum atomic E-state index is -0.463. The van der Waals surface area contributed by atoms with Crippen LogP contribution in [0.15, 0.2) is 21.2 Å². The number of oxazole rings is 1. The lowest BCUT2D eigenvalue weighted by Gasteiger charge is -2.19. The van der Waals surface area contributed by atoms with Gasteiger partial charge in [-0.1, -0.05) is 0 Å². The predicted molar refractivity (Wildman–Crippen MR) is 89.1 cm³/mol. The number of amides is 2. The van der Waals surface area contributed by atoms with Crippen LogP contribution >= 0.6 is 23.1 Å². The van der Waals surface area contributed by atoms with E-state index in [1.165, 1.54) is 4.90 Å². The number of aryl methyl sites for hydroxylation is 1. The lowest BCUT2D eigenvalue weighted by atomic mass is 9.86. The van der Waals surface area contributed by atoms with Crippen LogP contribution in [-0.2, 0) is 16.1 Å². The van der Waals surface area contributed by atoms with Crippen molar-refractivity contribution in [2.75, 3.05) is 11.5 Å². The SMILES string of the molecule is Cc1oc(-c2ccsc2)nc1CN1C(=O)CC2(CCSC2)C1=O. The van der Waals surface area contributed by atoms with Crippen molar-refractivity contribution in [3.05, 3.63) is 28.3 Å². The van der Waals surface area contributed by atoms with E-state index in [-0.39, 0.29) is 18.4 Å². The highest BCUT2D eigenvalue weighted by Gasteiger charge is 2.53. The number of thioether (sulfide) groups is 1. The highest BCUT2D eigenvalue weighted by atomic mass is 32.2. The summed E-state index contributed by atoms with van der Waals surface area (Å²) in [6.07, 6.45) is 1.14. The van der Waals surface area contributed by atoms with Gasteiger partial charge >= 0.3 is 0 Å². The first-order valence-electron chi connectivity index (χ1n) is 7.50. The lowest BCUT2D eigenvalue weighted by molar-refractivity contribution is -0.141. The zero-order chi connectivity index (χ0) is 16.0. The summed E-state index contributed by atoms with van der Waals surface area (Å²) in [4.78, 5) is 30.9. The van der Waals surface area contributed by atoms with Gasteiger partial charge in [-0.25, -0.2) is 4.98 Å². The van der Waals surface area contributed by atoms with E-state index in [0.29, 0.717) is 23.8 Å². The average Bonchev–Trinajstić information content (AvgIpc) is 3.27. The van der Waals surface area contributed by atoms with Crippen molar-refractivity contribution in [1.82, 2.24) is 9.88 Å². The fraction of sp³-hybridized carbons (Fsp3) is 0.438. The number of carbonyl (C=O) groups excluding carboxylic acids is 2. The molecule has 5 nitrogen and oxygen atoms in total. The second kappa shape index (κ2) is 5.49. The Morgan fingerprint density at radius 2 is 2.30 bits per heavy atom. The molecule has 0 N–H and O–H groups in total. The number of carbonyl (C=O) groups is 2. The van der Waals surface area contributed by atoms with Crippen molar-refractivity contribution in [3.63, 3.8) is 0 Å². The number of hydrogen-bond donors (Lipinski definition) is 0. The summed E-state index contributed by atoms with van der Waals surface area (Å²) >= 11 is 3.33. The Bertz CT molecular complexity index is 760. The molecule has 0 aromatic carbocycles. The molecule has 4 rings (SSSR count). The van der Waals surface area contributed by atoms with Crippen LogP contribution in [0.4, 0.5) is 0 Å². The molecule has 0 radical (unpaired) electrons. The van der Waals surface area contributed by atoms with E-state index in [4.69, 9.17) is 4.42 Å². The molecule has 2 aliphatic heterocycles. The minimum Gasteiger partial charge on any atom is -0.441 e. The Morgan fingerprint density at radius 3 is 3.00 bits per heavy atom. The molecule has 1 unspecified atom stereocenters. The first-order chi connectivity index (χ1) is 11.1. The normalized spacial score (nSPS) is 24.3. The number of nitrogens with zero attached hydrogens (tertiary/aromatic N) is 2. The molecule has 0 aliphatic carbocycles.